The quantitative estimate of drug-likeness (QED) is 0.744. The number of rotatable bonds is 5. The molecule has 0 amide bonds. The number of hydrogen-bond donors (Lipinski definition) is 1. The van der Waals surface area contributed by atoms with Gasteiger partial charge < -0.3 is 5.32 Å². The first-order chi connectivity index (χ1) is 10.0. The Morgan fingerprint density at radius 3 is 2.33 bits per heavy atom. The van der Waals surface area contributed by atoms with E-state index in [4.69, 9.17) is 0 Å². The molecule has 21 heavy (non-hydrogen) atoms. The molecule has 2 aromatic rings. The standard InChI is InChI=1S/C17H18F3N/c1-3-4-12-5-7-13(8-6-12)11(2)21-16-10-14(18)9-15(19)17(16)20/h5-11,21H,3-4H2,1-2H3. The van der Waals surface area contributed by atoms with Crippen LogP contribution in [-0.2, 0) is 6.42 Å². The number of anilines is 1. The van der Waals surface area contributed by atoms with Crippen molar-refractivity contribution in [3.63, 3.8) is 0 Å². The van der Waals surface area contributed by atoms with Crippen LogP contribution in [0.2, 0.25) is 0 Å². The lowest BCUT2D eigenvalue weighted by atomic mass is 10.0. The van der Waals surface area contributed by atoms with Crippen LogP contribution >= 0.6 is 0 Å². The molecule has 0 saturated carbocycles. The molecule has 0 heterocycles. The van der Waals surface area contributed by atoms with Crippen LogP contribution in [0.4, 0.5) is 18.9 Å². The zero-order valence-corrected chi connectivity index (χ0v) is 12.1. The minimum Gasteiger partial charge on any atom is -0.376 e. The molecular weight excluding hydrogens is 275 g/mol. The highest BCUT2D eigenvalue weighted by atomic mass is 19.2. The number of benzene rings is 2. The summed E-state index contributed by atoms with van der Waals surface area (Å²) in [6.45, 7) is 3.93. The minimum absolute atomic E-state index is 0.169. The van der Waals surface area contributed by atoms with Crippen molar-refractivity contribution in [2.75, 3.05) is 5.32 Å². The maximum absolute atomic E-state index is 13.6. The lowest BCUT2D eigenvalue weighted by molar-refractivity contribution is 0.496. The third-order valence-corrected chi connectivity index (χ3v) is 3.38. The van der Waals surface area contributed by atoms with Crippen molar-refractivity contribution in [1.29, 1.82) is 0 Å². The average Bonchev–Trinajstić information content (AvgIpc) is 2.45. The van der Waals surface area contributed by atoms with E-state index in [-0.39, 0.29) is 11.7 Å². The Hall–Kier alpha value is -1.97. The highest BCUT2D eigenvalue weighted by molar-refractivity contribution is 5.47. The molecule has 0 spiro atoms. The normalized spacial score (nSPS) is 12.2. The minimum atomic E-state index is -1.19. The number of aryl methyl sites for hydroxylation is 1. The van der Waals surface area contributed by atoms with Crippen molar-refractivity contribution >= 4 is 5.69 Å². The average molecular weight is 293 g/mol. The van der Waals surface area contributed by atoms with E-state index in [0.717, 1.165) is 24.5 Å². The molecule has 0 fully saturated rings. The summed E-state index contributed by atoms with van der Waals surface area (Å²) in [5.74, 6) is -3.06. The molecular formula is C17H18F3N. The third kappa shape index (κ3) is 3.78. The Bertz CT molecular complexity index is 608. The molecule has 1 atom stereocenters. The molecule has 2 rings (SSSR count). The van der Waals surface area contributed by atoms with Gasteiger partial charge in [0.25, 0.3) is 0 Å². The molecule has 1 N–H and O–H groups in total. The molecule has 1 nitrogen and oxygen atoms in total. The van der Waals surface area contributed by atoms with Gasteiger partial charge in [0.15, 0.2) is 11.6 Å². The summed E-state index contributed by atoms with van der Waals surface area (Å²) in [6, 6.07) is 9.15. The Balaban J connectivity index is 2.16. The van der Waals surface area contributed by atoms with Gasteiger partial charge in [-0.3, -0.25) is 0 Å². The fourth-order valence-corrected chi connectivity index (χ4v) is 2.24. The lowest BCUT2D eigenvalue weighted by Gasteiger charge is -2.17. The van der Waals surface area contributed by atoms with E-state index in [1.807, 2.05) is 31.2 Å². The topological polar surface area (TPSA) is 12.0 Å². The zero-order chi connectivity index (χ0) is 15.4. The van der Waals surface area contributed by atoms with Crippen molar-refractivity contribution in [2.24, 2.45) is 0 Å². The van der Waals surface area contributed by atoms with E-state index in [1.54, 1.807) is 0 Å². The first kappa shape index (κ1) is 15.4. The van der Waals surface area contributed by atoms with Gasteiger partial charge >= 0.3 is 0 Å². The Morgan fingerprint density at radius 2 is 1.71 bits per heavy atom. The number of halogens is 3. The van der Waals surface area contributed by atoms with E-state index in [0.29, 0.717) is 6.07 Å². The Morgan fingerprint density at radius 1 is 1.05 bits per heavy atom. The van der Waals surface area contributed by atoms with Gasteiger partial charge in [-0.15, -0.1) is 0 Å². The van der Waals surface area contributed by atoms with Crippen molar-refractivity contribution in [3.8, 4) is 0 Å². The first-order valence-corrected chi connectivity index (χ1v) is 7.01. The van der Waals surface area contributed by atoms with E-state index >= 15 is 0 Å². The van der Waals surface area contributed by atoms with E-state index < -0.39 is 17.5 Å². The molecule has 4 heteroatoms. The number of hydrogen-bond acceptors (Lipinski definition) is 1. The molecule has 0 aliphatic heterocycles. The molecule has 1 unspecified atom stereocenters. The largest absolute Gasteiger partial charge is 0.376 e. The summed E-state index contributed by atoms with van der Waals surface area (Å²) in [5, 5.41) is 2.80. The second kappa shape index (κ2) is 6.66. The van der Waals surface area contributed by atoms with Crippen LogP contribution in [0.1, 0.15) is 37.4 Å². The van der Waals surface area contributed by atoms with E-state index in [9.17, 15) is 13.2 Å². The van der Waals surface area contributed by atoms with Gasteiger partial charge in [0.2, 0.25) is 0 Å². The molecule has 0 radical (unpaired) electrons. The van der Waals surface area contributed by atoms with Gasteiger partial charge in [-0.1, -0.05) is 37.6 Å². The van der Waals surface area contributed by atoms with Crippen LogP contribution in [0.5, 0.6) is 0 Å². The Labute approximate surface area is 122 Å². The summed E-state index contributed by atoms with van der Waals surface area (Å²) in [6.07, 6.45) is 2.08. The van der Waals surface area contributed by atoms with Crippen molar-refractivity contribution in [1.82, 2.24) is 0 Å². The van der Waals surface area contributed by atoms with E-state index in [2.05, 4.69) is 12.2 Å². The van der Waals surface area contributed by atoms with E-state index in [1.165, 1.54) is 5.56 Å². The summed E-state index contributed by atoms with van der Waals surface area (Å²) < 4.78 is 39.9. The number of nitrogens with one attached hydrogen (secondary N) is 1. The van der Waals surface area contributed by atoms with Gasteiger partial charge in [-0.05, 0) is 24.5 Å². The predicted octanol–water partition coefficient (Wildman–Crippen LogP) is 5.23. The van der Waals surface area contributed by atoms with Gasteiger partial charge in [0.05, 0.1) is 5.69 Å². The van der Waals surface area contributed by atoms with Crippen LogP contribution in [-0.4, -0.2) is 0 Å². The molecule has 2 aromatic carbocycles. The van der Waals surface area contributed by atoms with Crippen LogP contribution in [0.3, 0.4) is 0 Å². The summed E-state index contributed by atoms with van der Waals surface area (Å²) in [7, 11) is 0. The SMILES string of the molecule is CCCc1ccc(C(C)Nc2cc(F)cc(F)c2F)cc1. The fourth-order valence-electron chi connectivity index (χ4n) is 2.24. The highest BCUT2D eigenvalue weighted by Gasteiger charge is 2.14. The van der Waals surface area contributed by atoms with Crippen molar-refractivity contribution in [3.05, 3.63) is 65.0 Å². The summed E-state index contributed by atoms with van der Waals surface area (Å²) in [4.78, 5) is 0. The molecule has 0 aliphatic carbocycles. The first-order valence-electron chi connectivity index (χ1n) is 7.01. The van der Waals surface area contributed by atoms with Crippen LogP contribution in [0.15, 0.2) is 36.4 Å². The predicted molar refractivity (Wildman–Crippen MR) is 78.8 cm³/mol. The zero-order valence-electron chi connectivity index (χ0n) is 12.1. The van der Waals surface area contributed by atoms with Gasteiger partial charge in [-0.2, -0.15) is 0 Å². The monoisotopic (exact) mass is 293 g/mol. The lowest BCUT2D eigenvalue weighted by Crippen LogP contribution is -2.09. The second-order valence-electron chi connectivity index (χ2n) is 5.11. The van der Waals surface area contributed by atoms with Crippen LogP contribution < -0.4 is 5.32 Å². The fraction of sp³-hybridized carbons (Fsp3) is 0.294. The summed E-state index contributed by atoms with van der Waals surface area (Å²) >= 11 is 0. The van der Waals surface area contributed by atoms with Gasteiger partial charge in [0.1, 0.15) is 5.82 Å². The Kier molecular flexibility index (Phi) is 4.89. The van der Waals surface area contributed by atoms with Crippen molar-refractivity contribution < 1.29 is 13.2 Å². The van der Waals surface area contributed by atoms with Gasteiger partial charge in [0, 0.05) is 18.2 Å². The highest BCUT2D eigenvalue weighted by Crippen LogP contribution is 2.24. The summed E-state index contributed by atoms with van der Waals surface area (Å²) in [5.41, 5.74) is 1.99. The molecule has 0 bridgehead atoms. The maximum atomic E-state index is 13.6. The third-order valence-electron chi connectivity index (χ3n) is 3.38. The molecule has 0 aliphatic rings. The van der Waals surface area contributed by atoms with Crippen LogP contribution in [0.25, 0.3) is 0 Å². The molecule has 112 valence electrons. The maximum Gasteiger partial charge on any atom is 0.182 e. The molecule has 0 saturated heterocycles. The smallest absolute Gasteiger partial charge is 0.182 e. The molecule has 0 aromatic heterocycles. The second-order valence-corrected chi connectivity index (χ2v) is 5.11. The van der Waals surface area contributed by atoms with Gasteiger partial charge in [-0.25, -0.2) is 13.2 Å². The van der Waals surface area contributed by atoms with Crippen molar-refractivity contribution in [2.45, 2.75) is 32.7 Å². The van der Waals surface area contributed by atoms with Crippen LogP contribution in [0, 0.1) is 17.5 Å².